The van der Waals surface area contributed by atoms with Gasteiger partial charge in [0.25, 0.3) is 11.8 Å². The lowest BCUT2D eigenvalue weighted by Gasteiger charge is -2.17. The number of nitrogens with zero attached hydrogens (tertiary/aromatic N) is 4. The zero-order valence-electron chi connectivity index (χ0n) is 18.5. The van der Waals surface area contributed by atoms with Gasteiger partial charge in [-0.15, -0.1) is 0 Å². The summed E-state index contributed by atoms with van der Waals surface area (Å²) in [4.78, 5) is 29.1. The zero-order chi connectivity index (χ0) is 24.3. The number of carbonyl (C=O) groups is 2. The van der Waals surface area contributed by atoms with Crippen molar-refractivity contribution in [1.29, 1.82) is 0 Å². The van der Waals surface area contributed by atoms with Crippen LogP contribution in [0.5, 0.6) is 0 Å². The second-order valence-corrected chi connectivity index (χ2v) is 9.87. The van der Waals surface area contributed by atoms with Crippen LogP contribution in [-0.4, -0.2) is 52.9 Å². The summed E-state index contributed by atoms with van der Waals surface area (Å²) in [5.74, 6) is -1.13. The number of nitrogens with one attached hydrogen (secondary N) is 2. The Hall–Kier alpha value is -3.28. The topological polar surface area (TPSA) is 126 Å². The number of aryl methyl sites for hydroxylation is 3. The molecule has 0 aliphatic carbocycles. The molecule has 0 unspecified atom stereocenters. The predicted molar refractivity (Wildman–Crippen MR) is 122 cm³/mol. The maximum absolute atomic E-state index is 12.6. The Labute approximate surface area is 196 Å². The van der Waals surface area contributed by atoms with Gasteiger partial charge in [0.1, 0.15) is 0 Å². The minimum atomic E-state index is -3.87. The SMILES string of the molecule is Cc1ccc(S(=O)(=O)N(C)CC(=O)NNC(=O)c2nc(-n3nc(C)cc3C)ccc2Cl)cc1. The van der Waals surface area contributed by atoms with Crippen LogP contribution in [0.3, 0.4) is 0 Å². The van der Waals surface area contributed by atoms with Crippen molar-refractivity contribution >= 4 is 33.4 Å². The number of halogens is 1. The number of carbonyl (C=O) groups excluding carboxylic acids is 2. The van der Waals surface area contributed by atoms with Gasteiger partial charge in [-0.2, -0.15) is 9.40 Å². The molecule has 2 heterocycles. The van der Waals surface area contributed by atoms with E-state index < -0.39 is 28.4 Å². The van der Waals surface area contributed by atoms with E-state index >= 15 is 0 Å². The summed E-state index contributed by atoms with van der Waals surface area (Å²) < 4.78 is 27.7. The Kier molecular flexibility index (Phi) is 7.15. The Morgan fingerprint density at radius 3 is 2.33 bits per heavy atom. The van der Waals surface area contributed by atoms with Gasteiger partial charge in [-0.3, -0.25) is 20.4 Å². The van der Waals surface area contributed by atoms with Crippen LogP contribution >= 0.6 is 11.6 Å². The summed E-state index contributed by atoms with van der Waals surface area (Å²) >= 11 is 6.11. The van der Waals surface area contributed by atoms with E-state index in [9.17, 15) is 18.0 Å². The summed E-state index contributed by atoms with van der Waals surface area (Å²) in [6.07, 6.45) is 0. The second-order valence-electron chi connectivity index (χ2n) is 7.42. The molecule has 0 aliphatic heterocycles. The van der Waals surface area contributed by atoms with Crippen molar-refractivity contribution in [3.8, 4) is 5.82 Å². The molecule has 3 rings (SSSR count). The summed E-state index contributed by atoms with van der Waals surface area (Å²) in [6.45, 7) is 5.00. The lowest BCUT2D eigenvalue weighted by molar-refractivity contribution is -0.121. The van der Waals surface area contributed by atoms with Crippen LogP contribution in [0.25, 0.3) is 5.82 Å². The fourth-order valence-corrected chi connectivity index (χ4v) is 4.29. The van der Waals surface area contributed by atoms with E-state index in [1.807, 2.05) is 26.8 Å². The normalized spacial score (nSPS) is 11.5. The Balaban J connectivity index is 1.66. The van der Waals surface area contributed by atoms with Crippen molar-refractivity contribution in [2.24, 2.45) is 0 Å². The lowest BCUT2D eigenvalue weighted by atomic mass is 10.2. The molecule has 0 saturated carbocycles. The van der Waals surface area contributed by atoms with Crippen LogP contribution in [0.2, 0.25) is 5.02 Å². The van der Waals surface area contributed by atoms with Gasteiger partial charge in [-0.25, -0.2) is 18.1 Å². The van der Waals surface area contributed by atoms with Crippen molar-refractivity contribution in [2.75, 3.05) is 13.6 Å². The van der Waals surface area contributed by atoms with Crippen molar-refractivity contribution in [3.05, 3.63) is 70.1 Å². The first kappa shape index (κ1) is 24.4. The van der Waals surface area contributed by atoms with Crippen LogP contribution in [0.15, 0.2) is 47.4 Å². The standard InChI is InChI=1S/C21H23ClN6O4S/c1-13-5-7-16(8-6-13)33(31,32)27(4)12-19(29)24-25-21(30)20-17(22)9-10-18(23-20)28-15(3)11-14(2)26-28/h5-11H,12H2,1-4H3,(H,24,29)(H,25,30). The molecular weight excluding hydrogens is 468 g/mol. The minimum Gasteiger partial charge on any atom is -0.272 e. The number of pyridine rings is 1. The molecule has 1 aromatic carbocycles. The van der Waals surface area contributed by atoms with E-state index in [1.54, 1.807) is 22.9 Å². The van der Waals surface area contributed by atoms with Gasteiger partial charge in [-0.1, -0.05) is 29.3 Å². The van der Waals surface area contributed by atoms with Crippen molar-refractivity contribution in [1.82, 2.24) is 29.9 Å². The number of likely N-dealkylation sites (N-methyl/N-ethyl adjacent to an activating group) is 1. The third-order valence-electron chi connectivity index (χ3n) is 4.68. The first-order valence-electron chi connectivity index (χ1n) is 9.81. The third kappa shape index (κ3) is 5.56. The van der Waals surface area contributed by atoms with Gasteiger partial charge in [-0.05, 0) is 51.1 Å². The number of amides is 2. The largest absolute Gasteiger partial charge is 0.289 e. The van der Waals surface area contributed by atoms with Gasteiger partial charge in [0.15, 0.2) is 11.5 Å². The van der Waals surface area contributed by atoms with Gasteiger partial charge in [0, 0.05) is 12.7 Å². The monoisotopic (exact) mass is 490 g/mol. The summed E-state index contributed by atoms with van der Waals surface area (Å²) in [7, 11) is -2.60. The molecule has 2 N–H and O–H groups in total. The first-order valence-corrected chi connectivity index (χ1v) is 11.6. The number of aromatic nitrogens is 3. The van der Waals surface area contributed by atoms with Crippen LogP contribution in [0, 0.1) is 20.8 Å². The molecular formula is C21H23ClN6O4S. The van der Waals surface area contributed by atoms with E-state index in [4.69, 9.17) is 11.6 Å². The molecule has 0 atom stereocenters. The van der Waals surface area contributed by atoms with Crippen molar-refractivity contribution in [2.45, 2.75) is 25.7 Å². The van der Waals surface area contributed by atoms with Gasteiger partial charge in [0.05, 0.1) is 22.2 Å². The zero-order valence-corrected chi connectivity index (χ0v) is 20.0. The van der Waals surface area contributed by atoms with Crippen LogP contribution in [0.4, 0.5) is 0 Å². The molecule has 174 valence electrons. The smallest absolute Gasteiger partial charge is 0.272 e. The molecule has 33 heavy (non-hydrogen) atoms. The number of hydrogen-bond donors (Lipinski definition) is 2. The molecule has 0 spiro atoms. The molecule has 2 aromatic heterocycles. The van der Waals surface area contributed by atoms with E-state index in [0.717, 1.165) is 21.3 Å². The van der Waals surface area contributed by atoms with Crippen molar-refractivity contribution in [3.63, 3.8) is 0 Å². The molecule has 3 aromatic rings. The van der Waals surface area contributed by atoms with Crippen molar-refractivity contribution < 1.29 is 18.0 Å². The number of hydrogen-bond acceptors (Lipinski definition) is 6. The minimum absolute atomic E-state index is 0.0596. The Morgan fingerprint density at radius 2 is 1.73 bits per heavy atom. The fourth-order valence-electron chi connectivity index (χ4n) is 2.97. The average molecular weight is 491 g/mol. The van der Waals surface area contributed by atoms with Crippen LogP contribution < -0.4 is 10.9 Å². The van der Waals surface area contributed by atoms with Gasteiger partial charge < -0.3 is 0 Å². The van der Waals surface area contributed by atoms with Gasteiger partial charge in [0.2, 0.25) is 10.0 Å². The number of sulfonamides is 1. The maximum atomic E-state index is 12.6. The molecule has 0 aliphatic rings. The Morgan fingerprint density at radius 1 is 1.06 bits per heavy atom. The molecule has 0 bridgehead atoms. The molecule has 12 heteroatoms. The molecule has 10 nitrogen and oxygen atoms in total. The van der Waals surface area contributed by atoms with E-state index in [-0.39, 0.29) is 15.6 Å². The summed E-state index contributed by atoms with van der Waals surface area (Å²) in [5, 5.41) is 4.39. The highest BCUT2D eigenvalue weighted by Gasteiger charge is 2.23. The van der Waals surface area contributed by atoms with Crippen LogP contribution in [0.1, 0.15) is 27.4 Å². The van der Waals surface area contributed by atoms with Gasteiger partial charge >= 0.3 is 0 Å². The quantitative estimate of drug-likeness (QED) is 0.508. The number of benzene rings is 1. The van der Waals surface area contributed by atoms with E-state index in [0.29, 0.717) is 5.82 Å². The summed E-state index contributed by atoms with van der Waals surface area (Å²) in [5.41, 5.74) is 6.78. The number of hydrazine groups is 1. The molecule has 0 fully saturated rings. The maximum Gasteiger partial charge on any atom is 0.289 e. The third-order valence-corrected chi connectivity index (χ3v) is 6.81. The Bertz CT molecular complexity index is 1300. The fraction of sp³-hybridized carbons (Fsp3) is 0.238. The highest BCUT2D eigenvalue weighted by Crippen LogP contribution is 2.18. The highest BCUT2D eigenvalue weighted by atomic mass is 35.5. The van der Waals surface area contributed by atoms with E-state index in [2.05, 4.69) is 20.9 Å². The summed E-state index contributed by atoms with van der Waals surface area (Å²) in [6, 6.07) is 11.2. The second kappa shape index (κ2) is 9.69. The molecule has 0 radical (unpaired) electrons. The number of rotatable bonds is 6. The van der Waals surface area contributed by atoms with Crippen LogP contribution in [-0.2, 0) is 14.8 Å². The van der Waals surface area contributed by atoms with E-state index in [1.165, 1.54) is 25.2 Å². The average Bonchev–Trinajstić information content (AvgIpc) is 3.10. The lowest BCUT2D eigenvalue weighted by Crippen LogP contribution is -2.47. The highest BCUT2D eigenvalue weighted by molar-refractivity contribution is 7.89. The molecule has 0 saturated heterocycles. The molecule has 2 amide bonds. The predicted octanol–water partition coefficient (Wildman–Crippen LogP) is 1.93. The first-order chi connectivity index (χ1) is 15.5.